The minimum Gasteiger partial charge on any atom is -0.493 e. The van der Waals surface area contributed by atoms with Gasteiger partial charge in [-0.3, -0.25) is 9.59 Å². The minimum atomic E-state index is -0.728. The molecule has 110 valence electrons. The number of ether oxygens (including phenoxy) is 1. The molecule has 0 aromatic heterocycles. The molecule has 1 N–H and O–H groups in total. The number of para-hydroxylation sites is 1. The summed E-state index contributed by atoms with van der Waals surface area (Å²) >= 11 is 0. The molecule has 0 heterocycles. The lowest BCUT2D eigenvalue weighted by Gasteiger charge is -2.09. The first-order chi connectivity index (χ1) is 9.61. The third-order valence-corrected chi connectivity index (χ3v) is 3.06. The van der Waals surface area contributed by atoms with Crippen molar-refractivity contribution >= 4 is 11.8 Å². The maximum atomic E-state index is 11.4. The maximum absolute atomic E-state index is 11.4. The monoisotopic (exact) mass is 278 g/mol. The van der Waals surface area contributed by atoms with E-state index in [1.807, 2.05) is 18.2 Å². The van der Waals surface area contributed by atoms with Crippen molar-refractivity contribution in [3.63, 3.8) is 0 Å². The molecule has 1 aromatic carbocycles. The van der Waals surface area contributed by atoms with E-state index in [0.29, 0.717) is 17.9 Å². The first kappa shape index (κ1) is 16.2. The van der Waals surface area contributed by atoms with Gasteiger partial charge in [0.2, 0.25) is 0 Å². The number of carbonyl (C=O) groups excluding carboxylic acids is 1. The van der Waals surface area contributed by atoms with E-state index >= 15 is 0 Å². The second-order valence-corrected chi connectivity index (χ2v) is 4.81. The van der Waals surface area contributed by atoms with E-state index in [0.717, 1.165) is 32.1 Å². The second kappa shape index (κ2) is 9.13. The van der Waals surface area contributed by atoms with Gasteiger partial charge >= 0.3 is 5.97 Å². The molecule has 0 aliphatic rings. The zero-order valence-electron chi connectivity index (χ0n) is 11.9. The van der Waals surface area contributed by atoms with E-state index in [-0.39, 0.29) is 12.2 Å². The van der Waals surface area contributed by atoms with Crippen molar-refractivity contribution in [1.29, 1.82) is 0 Å². The summed E-state index contributed by atoms with van der Waals surface area (Å²) in [6.07, 6.45) is 4.88. The lowest BCUT2D eigenvalue weighted by atomic mass is 10.1. The molecular weight excluding hydrogens is 256 g/mol. The molecule has 0 saturated heterocycles. The Morgan fingerprint density at radius 1 is 1.05 bits per heavy atom. The van der Waals surface area contributed by atoms with Crippen LogP contribution in [-0.2, 0) is 4.79 Å². The molecule has 0 amide bonds. The van der Waals surface area contributed by atoms with Gasteiger partial charge in [0, 0.05) is 6.42 Å². The van der Waals surface area contributed by atoms with Crippen LogP contribution in [0.1, 0.15) is 55.8 Å². The number of carboxylic acid groups (broad SMARTS) is 1. The van der Waals surface area contributed by atoms with Gasteiger partial charge in [0.05, 0.1) is 12.2 Å². The fraction of sp³-hybridized carbons (Fsp3) is 0.500. The molecule has 0 bridgehead atoms. The van der Waals surface area contributed by atoms with Crippen LogP contribution in [0.4, 0.5) is 0 Å². The SMILES string of the molecule is CC(=O)c1ccccc1OCCCCCCCC(=O)O. The average Bonchev–Trinajstić information content (AvgIpc) is 2.41. The number of rotatable bonds is 10. The van der Waals surface area contributed by atoms with Crippen molar-refractivity contribution in [2.75, 3.05) is 6.61 Å². The summed E-state index contributed by atoms with van der Waals surface area (Å²) in [6.45, 7) is 2.12. The van der Waals surface area contributed by atoms with Crippen LogP contribution in [0, 0.1) is 0 Å². The molecule has 0 unspecified atom stereocenters. The van der Waals surface area contributed by atoms with Gasteiger partial charge < -0.3 is 9.84 Å². The topological polar surface area (TPSA) is 63.6 Å². The number of hydrogen-bond donors (Lipinski definition) is 1. The van der Waals surface area contributed by atoms with Crippen LogP contribution in [-0.4, -0.2) is 23.5 Å². The van der Waals surface area contributed by atoms with E-state index in [4.69, 9.17) is 9.84 Å². The normalized spacial score (nSPS) is 10.2. The lowest BCUT2D eigenvalue weighted by molar-refractivity contribution is -0.137. The molecule has 0 spiro atoms. The van der Waals surface area contributed by atoms with Crippen molar-refractivity contribution in [3.8, 4) is 5.75 Å². The predicted molar refractivity (Wildman–Crippen MR) is 77.3 cm³/mol. The van der Waals surface area contributed by atoms with Gasteiger partial charge in [0.15, 0.2) is 5.78 Å². The van der Waals surface area contributed by atoms with Crippen LogP contribution < -0.4 is 4.74 Å². The quantitative estimate of drug-likeness (QED) is 0.523. The minimum absolute atomic E-state index is 0.00858. The smallest absolute Gasteiger partial charge is 0.303 e. The molecular formula is C16H22O4. The Labute approximate surface area is 119 Å². The molecule has 0 atom stereocenters. The van der Waals surface area contributed by atoms with E-state index in [2.05, 4.69) is 0 Å². The molecule has 0 aliphatic carbocycles. The first-order valence-corrected chi connectivity index (χ1v) is 7.06. The van der Waals surface area contributed by atoms with Gasteiger partial charge in [-0.05, 0) is 31.9 Å². The molecule has 0 aliphatic heterocycles. The molecule has 0 radical (unpaired) electrons. The van der Waals surface area contributed by atoms with Gasteiger partial charge in [0.1, 0.15) is 5.75 Å². The van der Waals surface area contributed by atoms with Gasteiger partial charge in [0.25, 0.3) is 0 Å². The molecule has 0 fully saturated rings. The number of carbonyl (C=O) groups is 2. The van der Waals surface area contributed by atoms with Crippen LogP contribution in [0.15, 0.2) is 24.3 Å². The van der Waals surface area contributed by atoms with Crippen LogP contribution in [0.3, 0.4) is 0 Å². The molecule has 4 nitrogen and oxygen atoms in total. The largest absolute Gasteiger partial charge is 0.493 e. The predicted octanol–water partition coefficient (Wildman–Crippen LogP) is 3.69. The van der Waals surface area contributed by atoms with Gasteiger partial charge in [-0.15, -0.1) is 0 Å². The maximum Gasteiger partial charge on any atom is 0.303 e. The highest BCUT2D eigenvalue weighted by molar-refractivity contribution is 5.96. The summed E-state index contributed by atoms with van der Waals surface area (Å²) in [5.41, 5.74) is 0.619. The number of unbranched alkanes of at least 4 members (excludes halogenated alkanes) is 4. The number of ketones is 1. The summed E-state index contributed by atoms with van der Waals surface area (Å²) in [4.78, 5) is 21.7. The Bertz CT molecular complexity index is 440. The first-order valence-electron chi connectivity index (χ1n) is 7.06. The van der Waals surface area contributed by atoms with Gasteiger partial charge in [-0.1, -0.05) is 31.4 Å². The van der Waals surface area contributed by atoms with Crippen molar-refractivity contribution in [3.05, 3.63) is 29.8 Å². The van der Waals surface area contributed by atoms with E-state index in [1.165, 1.54) is 6.92 Å². The fourth-order valence-corrected chi connectivity index (χ4v) is 1.97. The summed E-state index contributed by atoms with van der Waals surface area (Å²) in [6, 6.07) is 7.26. The average molecular weight is 278 g/mol. The number of aliphatic carboxylic acids is 1. The summed E-state index contributed by atoms with van der Waals surface area (Å²) in [7, 11) is 0. The van der Waals surface area contributed by atoms with Crippen LogP contribution in [0.25, 0.3) is 0 Å². The second-order valence-electron chi connectivity index (χ2n) is 4.81. The van der Waals surface area contributed by atoms with Crippen molar-refractivity contribution in [2.24, 2.45) is 0 Å². The summed E-state index contributed by atoms with van der Waals surface area (Å²) in [5.74, 6) is -0.0747. The van der Waals surface area contributed by atoms with Gasteiger partial charge in [-0.2, -0.15) is 0 Å². The summed E-state index contributed by atoms with van der Waals surface area (Å²) in [5, 5.41) is 8.50. The highest BCUT2D eigenvalue weighted by Gasteiger charge is 2.06. The Morgan fingerprint density at radius 2 is 1.70 bits per heavy atom. The highest BCUT2D eigenvalue weighted by Crippen LogP contribution is 2.18. The van der Waals surface area contributed by atoms with E-state index < -0.39 is 5.97 Å². The molecule has 0 saturated carbocycles. The van der Waals surface area contributed by atoms with Crippen LogP contribution in [0.5, 0.6) is 5.75 Å². The van der Waals surface area contributed by atoms with Crippen LogP contribution >= 0.6 is 0 Å². The number of hydrogen-bond acceptors (Lipinski definition) is 3. The third kappa shape index (κ3) is 6.36. The fourth-order valence-electron chi connectivity index (χ4n) is 1.97. The Morgan fingerprint density at radius 3 is 2.40 bits per heavy atom. The van der Waals surface area contributed by atoms with E-state index in [9.17, 15) is 9.59 Å². The van der Waals surface area contributed by atoms with E-state index in [1.54, 1.807) is 6.07 Å². The van der Waals surface area contributed by atoms with Crippen molar-refractivity contribution in [1.82, 2.24) is 0 Å². The molecule has 1 aromatic rings. The van der Waals surface area contributed by atoms with Crippen LogP contribution in [0.2, 0.25) is 0 Å². The number of Topliss-reactive ketones (excluding diaryl/α,β-unsaturated/α-hetero) is 1. The zero-order valence-corrected chi connectivity index (χ0v) is 11.9. The number of carboxylic acids is 1. The summed E-state index contributed by atoms with van der Waals surface area (Å²) < 4.78 is 5.63. The molecule has 4 heteroatoms. The van der Waals surface area contributed by atoms with Crippen molar-refractivity contribution < 1.29 is 19.4 Å². The van der Waals surface area contributed by atoms with Crippen molar-refractivity contribution in [2.45, 2.75) is 45.4 Å². The third-order valence-electron chi connectivity index (χ3n) is 3.06. The lowest BCUT2D eigenvalue weighted by Crippen LogP contribution is -2.02. The Hall–Kier alpha value is -1.84. The van der Waals surface area contributed by atoms with Gasteiger partial charge in [-0.25, -0.2) is 0 Å². The molecule has 20 heavy (non-hydrogen) atoms. The standard InChI is InChI=1S/C16H22O4/c1-13(17)14-9-6-7-10-15(14)20-12-8-4-2-3-5-11-16(18)19/h6-7,9-10H,2-5,8,11-12H2,1H3,(H,18,19). The molecule has 1 rings (SSSR count). The Balaban J connectivity index is 2.15. The highest BCUT2D eigenvalue weighted by atomic mass is 16.5. The Kier molecular flexibility index (Phi) is 7.40. The zero-order chi connectivity index (χ0) is 14.8. The number of benzene rings is 1.